The molecule has 0 atom stereocenters. The van der Waals surface area contributed by atoms with Crippen LogP contribution in [0.3, 0.4) is 0 Å². The Bertz CT molecular complexity index is 441. The quantitative estimate of drug-likeness (QED) is 0.274. The molecule has 0 heterocycles. The van der Waals surface area contributed by atoms with E-state index in [0.29, 0.717) is 4.99 Å². The third-order valence-electron chi connectivity index (χ3n) is 4.83. The normalized spacial score (nSPS) is 10.9. The highest BCUT2D eigenvalue weighted by Crippen LogP contribution is 2.15. The van der Waals surface area contributed by atoms with Crippen LogP contribution in [0.4, 0.5) is 0 Å². The Morgan fingerprint density at radius 2 is 1.21 bits per heavy atom. The van der Waals surface area contributed by atoms with Gasteiger partial charge in [-0.2, -0.15) is 0 Å². The first kappa shape index (κ1) is 21.2. The molecule has 0 fully saturated rings. The van der Waals surface area contributed by atoms with Crippen molar-refractivity contribution in [1.29, 1.82) is 0 Å². The standard InChI is InChI=1S/C22H37NS/c1-2-3-4-5-6-7-8-9-10-11-12-13-14-17-20-18-15-16-19-21(20)22(23)24/h15-16,18-19H,2-14,17H2,1H3,(H2,23,24). The van der Waals surface area contributed by atoms with E-state index in [2.05, 4.69) is 19.1 Å². The van der Waals surface area contributed by atoms with Gasteiger partial charge in [0.15, 0.2) is 0 Å². The summed E-state index contributed by atoms with van der Waals surface area (Å²) in [6.07, 6.45) is 19.3. The average Bonchev–Trinajstić information content (AvgIpc) is 2.59. The van der Waals surface area contributed by atoms with E-state index in [4.69, 9.17) is 18.0 Å². The molecule has 0 amide bonds. The second-order valence-electron chi connectivity index (χ2n) is 7.01. The largest absolute Gasteiger partial charge is 0.389 e. The van der Waals surface area contributed by atoms with Crippen LogP contribution in [0.15, 0.2) is 24.3 Å². The van der Waals surface area contributed by atoms with Gasteiger partial charge in [0.05, 0.1) is 0 Å². The van der Waals surface area contributed by atoms with Crippen LogP contribution in [-0.2, 0) is 6.42 Å². The lowest BCUT2D eigenvalue weighted by Gasteiger charge is -2.08. The van der Waals surface area contributed by atoms with E-state index < -0.39 is 0 Å². The minimum absolute atomic E-state index is 0.528. The summed E-state index contributed by atoms with van der Waals surface area (Å²) in [6.45, 7) is 2.28. The Balaban J connectivity index is 1.93. The molecule has 1 aromatic carbocycles. The number of benzene rings is 1. The molecule has 0 aliphatic heterocycles. The molecule has 0 bridgehead atoms. The van der Waals surface area contributed by atoms with Crippen molar-refractivity contribution >= 4 is 17.2 Å². The molecule has 136 valence electrons. The molecule has 1 nitrogen and oxygen atoms in total. The zero-order chi connectivity index (χ0) is 17.5. The van der Waals surface area contributed by atoms with Gasteiger partial charge < -0.3 is 5.73 Å². The lowest BCUT2D eigenvalue weighted by atomic mass is 10.00. The van der Waals surface area contributed by atoms with Gasteiger partial charge >= 0.3 is 0 Å². The van der Waals surface area contributed by atoms with Crippen LogP contribution in [0.25, 0.3) is 0 Å². The van der Waals surface area contributed by atoms with E-state index >= 15 is 0 Å². The summed E-state index contributed by atoms with van der Waals surface area (Å²) in [5.74, 6) is 0. The second kappa shape index (κ2) is 14.5. The van der Waals surface area contributed by atoms with Crippen LogP contribution in [0.1, 0.15) is 102 Å². The van der Waals surface area contributed by atoms with E-state index in [9.17, 15) is 0 Å². The van der Waals surface area contributed by atoms with Gasteiger partial charge in [0.25, 0.3) is 0 Å². The maximum Gasteiger partial charge on any atom is 0.104 e. The molecule has 0 saturated heterocycles. The Hall–Kier alpha value is -0.890. The summed E-state index contributed by atoms with van der Waals surface area (Å²) >= 11 is 5.13. The number of hydrogen-bond acceptors (Lipinski definition) is 1. The van der Waals surface area contributed by atoms with Crippen molar-refractivity contribution in [2.75, 3.05) is 0 Å². The third kappa shape index (κ3) is 10.1. The third-order valence-corrected chi connectivity index (χ3v) is 5.05. The highest BCUT2D eigenvalue weighted by Gasteiger charge is 2.03. The Labute approximate surface area is 155 Å². The van der Waals surface area contributed by atoms with Crippen LogP contribution in [0.5, 0.6) is 0 Å². The smallest absolute Gasteiger partial charge is 0.104 e. The van der Waals surface area contributed by atoms with Crippen molar-refractivity contribution in [3.8, 4) is 0 Å². The van der Waals surface area contributed by atoms with Gasteiger partial charge in [-0.3, -0.25) is 0 Å². The fourth-order valence-corrected chi connectivity index (χ4v) is 3.51. The van der Waals surface area contributed by atoms with Gasteiger partial charge in [-0.1, -0.05) is 120 Å². The summed E-state index contributed by atoms with van der Waals surface area (Å²) in [5.41, 5.74) is 8.16. The SMILES string of the molecule is CCCCCCCCCCCCCCCc1ccccc1C(N)=S. The number of aryl methyl sites for hydroxylation is 1. The topological polar surface area (TPSA) is 26.0 Å². The maximum absolute atomic E-state index is 5.79. The molecule has 0 spiro atoms. The molecule has 1 aromatic rings. The Morgan fingerprint density at radius 3 is 1.71 bits per heavy atom. The fourth-order valence-electron chi connectivity index (χ4n) is 3.31. The Morgan fingerprint density at radius 1 is 0.750 bits per heavy atom. The maximum atomic E-state index is 5.79. The first-order valence-electron chi connectivity index (χ1n) is 10.1. The molecule has 0 aliphatic carbocycles. The van der Waals surface area contributed by atoms with Crippen LogP contribution < -0.4 is 5.73 Å². The molecule has 0 aliphatic rings. The number of unbranched alkanes of at least 4 members (excludes halogenated alkanes) is 12. The molecule has 0 unspecified atom stereocenters. The van der Waals surface area contributed by atoms with Gasteiger partial charge in [-0.15, -0.1) is 0 Å². The van der Waals surface area contributed by atoms with Crippen molar-refractivity contribution in [3.63, 3.8) is 0 Å². The minimum Gasteiger partial charge on any atom is -0.389 e. The van der Waals surface area contributed by atoms with Crippen molar-refractivity contribution in [1.82, 2.24) is 0 Å². The molecule has 0 saturated carbocycles. The zero-order valence-electron chi connectivity index (χ0n) is 15.7. The van der Waals surface area contributed by atoms with Crippen LogP contribution >= 0.6 is 12.2 Å². The van der Waals surface area contributed by atoms with Gasteiger partial charge in [-0.05, 0) is 18.4 Å². The van der Waals surface area contributed by atoms with Gasteiger partial charge in [0, 0.05) is 5.56 Å². The predicted molar refractivity (Wildman–Crippen MR) is 112 cm³/mol. The molecule has 0 aromatic heterocycles. The molecular weight excluding hydrogens is 310 g/mol. The van der Waals surface area contributed by atoms with Crippen molar-refractivity contribution in [3.05, 3.63) is 35.4 Å². The molecular formula is C22H37NS. The fraction of sp³-hybridized carbons (Fsp3) is 0.682. The van der Waals surface area contributed by atoms with E-state index in [1.165, 1.54) is 89.0 Å². The van der Waals surface area contributed by atoms with Crippen molar-refractivity contribution in [2.45, 2.75) is 96.8 Å². The molecule has 2 heteroatoms. The predicted octanol–water partition coefficient (Wildman–Crippen LogP) is 6.95. The van der Waals surface area contributed by atoms with E-state index in [0.717, 1.165) is 12.0 Å². The number of thiocarbonyl (C=S) groups is 1. The summed E-state index contributed by atoms with van der Waals surface area (Å²) in [6, 6.07) is 8.30. The van der Waals surface area contributed by atoms with Gasteiger partial charge in [0.2, 0.25) is 0 Å². The number of nitrogens with two attached hydrogens (primary N) is 1. The lowest BCUT2D eigenvalue weighted by Crippen LogP contribution is -2.12. The zero-order valence-corrected chi connectivity index (χ0v) is 16.5. The van der Waals surface area contributed by atoms with E-state index in [-0.39, 0.29) is 0 Å². The minimum atomic E-state index is 0.528. The molecule has 0 radical (unpaired) electrons. The van der Waals surface area contributed by atoms with Crippen LogP contribution in [0, 0.1) is 0 Å². The van der Waals surface area contributed by atoms with E-state index in [1.54, 1.807) is 0 Å². The number of rotatable bonds is 15. The molecule has 1 rings (SSSR count). The van der Waals surface area contributed by atoms with E-state index in [1.807, 2.05) is 12.1 Å². The number of hydrogen-bond donors (Lipinski definition) is 1. The molecule has 24 heavy (non-hydrogen) atoms. The van der Waals surface area contributed by atoms with Crippen molar-refractivity contribution in [2.24, 2.45) is 5.73 Å². The second-order valence-corrected chi connectivity index (χ2v) is 7.45. The van der Waals surface area contributed by atoms with Crippen LogP contribution in [0.2, 0.25) is 0 Å². The lowest BCUT2D eigenvalue weighted by molar-refractivity contribution is 0.539. The highest BCUT2D eigenvalue weighted by atomic mass is 32.1. The monoisotopic (exact) mass is 347 g/mol. The van der Waals surface area contributed by atoms with Crippen molar-refractivity contribution < 1.29 is 0 Å². The average molecular weight is 348 g/mol. The summed E-state index contributed by atoms with van der Waals surface area (Å²) in [4.78, 5) is 0.528. The first-order chi connectivity index (χ1) is 11.8. The van der Waals surface area contributed by atoms with Gasteiger partial charge in [-0.25, -0.2) is 0 Å². The first-order valence-corrected chi connectivity index (χ1v) is 10.5. The molecule has 2 N–H and O–H groups in total. The Kier molecular flexibility index (Phi) is 12.7. The summed E-state index contributed by atoms with van der Waals surface area (Å²) < 4.78 is 0. The summed E-state index contributed by atoms with van der Waals surface area (Å²) in [7, 11) is 0. The van der Waals surface area contributed by atoms with Gasteiger partial charge in [0.1, 0.15) is 4.99 Å². The highest BCUT2D eigenvalue weighted by molar-refractivity contribution is 7.80. The van der Waals surface area contributed by atoms with Crippen LogP contribution in [-0.4, -0.2) is 4.99 Å². The summed E-state index contributed by atoms with van der Waals surface area (Å²) in [5, 5.41) is 0.